The number of benzene rings is 1. The Hall–Kier alpha value is -3.46. The van der Waals surface area contributed by atoms with Crippen LogP contribution in [0.3, 0.4) is 0 Å². The fraction of sp³-hybridized carbons (Fsp3) is 0.190. The van der Waals surface area contributed by atoms with Gasteiger partial charge < -0.3 is 14.9 Å². The number of nitrogens with zero attached hydrogens (tertiary/aromatic N) is 4. The van der Waals surface area contributed by atoms with Gasteiger partial charge in [0.05, 0.1) is 24.0 Å². The van der Waals surface area contributed by atoms with Gasteiger partial charge in [0, 0.05) is 53.6 Å². The number of carbonyl (C=O) groups excluding carboxylic acids is 1. The lowest BCUT2D eigenvalue weighted by Gasteiger charge is -2.11. The van der Waals surface area contributed by atoms with Crippen molar-refractivity contribution in [3.8, 4) is 11.5 Å². The number of para-hydroxylation sites is 1. The Labute approximate surface area is 176 Å². The summed E-state index contributed by atoms with van der Waals surface area (Å²) in [5, 5.41) is 7.31. The zero-order chi connectivity index (χ0) is 20.8. The standard InChI is InChI=1S/C21H22N6O2S/c28-20(23-9-8-18-13-22-16-24-18)15-30(29)14-17-12-25-27(19-6-2-1-3-7-19)21(17)26-10-4-5-11-26/h1-7,10-13,16H,8-9,14-15H2,(H,22,24)(H,23,28). The summed E-state index contributed by atoms with van der Waals surface area (Å²) in [5.74, 6) is 0.781. The van der Waals surface area contributed by atoms with Crippen LogP contribution in [-0.4, -0.2) is 46.7 Å². The first-order valence-corrected chi connectivity index (χ1v) is 11.0. The van der Waals surface area contributed by atoms with E-state index >= 15 is 0 Å². The maximum absolute atomic E-state index is 12.7. The number of imidazole rings is 1. The molecule has 0 aliphatic carbocycles. The first kappa shape index (κ1) is 19.8. The minimum atomic E-state index is -1.36. The average Bonchev–Trinajstić information content (AvgIpc) is 3.50. The molecule has 1 unspecified atom stereocenters. The van der Waals surface area contributed by atoms with Gasteiger partial charge in [-0.1, -0.05) is 18.2 Å². The second-order valence-electron chi connectivity index (χ2n) is 6.74. The number of rotatable bonds is 9. The summed E-state index contributed by atoms with van der Waals surface area (Å²) in [6.07, 6.45) is 9.54. The highest BCUT2D eigenvalue weighted by atomic mass is 32.2. The van der Waals surface area contributed by atoms with Crippen molar-refractivity contribution in [2.24, 2.45) is 0 Å². The molecule has 1 aromatic carbocycles. The van der Waals surface area contributed by atoms with Crippen LogP contribution in [0, 0.1) is 0 Å². The van der Waals surface area contributed by atoms with Gasteiger partial charge in [0.25, 0.3) is 0 Å². The summed E-state index contributed by atoms with van der Waals surface area (Å²) in [5.41, 5.74) is 2.68. The molecule has 3 aromatic heterocycles. The lowest BCUT2D eigenvalue weighted by molar-refractivity contribution is -0.118. The van der Waals surface area contributed by atoms with Crippen LogP contribution in [0.5, 0.6) is 0 Å². The quantitative estimate of drug-likeness (QED) is 0.431. The molecule has 1 amide bonds. The highest BCUT2D eigenvalue weighted by Crippen LogP contribution is 2.21. The van der Waals surface area contributed by atoms with Crippen LogP contribution in [0.15, 0.2) is 73.6 Å². The number of hydrogen-bond acceptors (Lipinski definition) is 4. The van der Waals surface area contributed by atoms with E-state index in [0.29, 0.717) is 13.0 Å². The van der Waals surface area contributed by atoms with Crippen molar-refractivity contribution in [2.75, 3.05) is 12.3 Å². The van der Waals surface area contributed by atoms with Gasteiger partial charge in [-0.2, -0.15) is 5.10 Å². The molecule has 4 rings (SSSR count). The fourth-order valence-corrected chi connectivity index (χ4v) is 4.21. The molecule has 0 bridgehead atoms. The van der Waals surface area contributed by atoms with Crippen LogP contribution >= 0.6 is 0 Å². The molecule has 0 aliphatic rings. The van der Waals surface area contributed by atoms with Crippen molar-refractivity contribution in [2.45, 2.75) is 12.2 Å². The van der Waals surface area contributed by atoms with E-state index in [1.807, 2.05) is 64.1 Å². The maximum atomic E-state index is 12.7. The van der Waals surface area contributed by atoms with Crippen LogP contribution in [-0.2, 0) is 27.8 Å². The first-order valence-electron chi connectivity index (χ1n) is 9.55. The Morgan fingerprint density at radius 2 is 1.90 bits per heavy atom. The SMILES string of the molecule is O=C(CS(=O)Cc1cnn(-c2ccccc2)c1-n1cccc1)NCCc1cnc[nH]1. The molecule has 30 heavy (non-hydrogen) atoms. The van der Waals surface area contributed by atoms with Gasteiger partial charge >= 0.3 is 0 Å². The molecule has 154 valence electrons. The molecule has 4 aromatic rings. The van der Waals surface area contributed by atoms with Crippen molar-refractivity contribution < 1.29 is 9.00 Å². The van der Waals surface area contributed by atoms with Gasteiger partial charge in [0.1, 0.15) is 11.6 Å². The second kappa shape index (κ2) is 9.36. The number of aromatic nitrogens is 5. The van der Waals surface area contributed by atoms with Crippen LogP contribution < -0.4 is 5.32 Å². The molecule has 2 N–H and O–H groups in total. The van der Waals surface area contributed by atoms with Crippen molar-refractivity contribution in [3.63, 3.8) is 0 Å². The molecule has 0 radical (unpaired) electrons. The van der Waals surface area contributed by atoms with Crippen LogP contribution in [0.25, 0.3) is 11.5 Å². The molecular weight excluding hydrogens is 400 g/mol. The number of aromatic amines is 1. The monoisotopic (exact) mass is 422 g/mol. The summed E-state index contributed by atoms with van der Waals surface area (Å²) in [6.45, 7) is 0.471. The molecule has 0 aliphatic heterocycles. The van der Waals surface area contributed by atoms with Crippen molar-refractivity contribution in [1.82, 2.24) is 29.6 Å². The van der Waals surface area contributed by atoms with E-state index in [2.05, 4.69) is 20.4 Å². The minimum absolute atomic E-state index is 0.0510. The largest absolute Gasteiger partial charge is 0.355 e. The van der Waals surface area contributed by atoms with Crippen molar-refractivity contribution >= 4 is 16.7 Å². The number of carbonyl (C=O) groups is 1. The Morgan fingerprint density at radius 1 is 1.10 bits per heavy atom. The van der Waals surface area contributed by atoms with Gasteiger partial charge in [-0.25, -0.2) is 9.67 Å². The Morgan fingerprint density at radius 3 is 2.63 bits per heavy atom. The molecular formula is C21H22N6O2S. The summed E-state index contributed by atoms with van der Waals surface area (Å²) in [6, 6.07) is 13.6. The van der Waals surface area contributed by atoms with Crippen LogP contribution in [0.1, 0.15) is 11.3 Å². The van der Waals surface area contributed by atoms with Crippen molar-refractivity contribution in [3.05, 3.63) is 84.8 Å². The third-order valence-electron chi connectivity index (χ3n) is 4.55. The van der Waals surface area contributed by atoms with Gasteiger partial charge in [-0.15, -0.1) is 0 Å². The lowest BCUT2D eigenvalue weighted by atomic mass is 10.3. The summed E-state index contributed by atoms with van der Waals surface area (Å²) < 4.78 is 16.4. The predicted molar refractivity (Wildman–Crippen MR) is 115 cm³/mol. The number of H-pyrrole nitrogens is 1. The van der Waals surface area contributed by atoms with Gasteiger partial charge in [0.2, 0.25) is 5.91 Å². The second-order valence-corrected chi connectivity index (χ2v) is 8.19. The highest BCUT2D eigenvalue weighted by molar-refractivity contribution is 7.84. The molecule has 0 spiro atoms. The number of hydrogen-bond donors (Lipinski definition) is 2. The normalized spacial score (nSPS) is 12.0. The first-order chi connectivity index (χ1) is 14.7. The highest BCUT2D eigenvalue weighted by Gasteiger charge is 2.17. The summed E-state index contributed by atoms with van der Waals surface area (Å²) >= 11 is 0. The summed E-state index contributed by atoms with van der Waals surface area (Å²) in [7, 11) is -1.36. The van der Waals surface area contributed by atoms with Crippen LogP contribution in [0.2, 0.25) is 0 Å². The topological polar surface area (TPSA) is 97.6 Å². The van der Waals surface area contributed by atoms with E-state index in [9.17, 15) is 9.00 Å². The molecule has 8 nitrogen and oxygen atoms in total. The molecule has 1 atom stereocenters. The van der Waals surface area contributed by atoms with E-state index in [0.717, 1.165) is 22.8 Å². The fourth-order valence-electron chi connectivity index (χ4n) is 3.17. The molecule has 3 heterocycles. The lowest BCUT2D eigenvalue weighted by Crippen LogP contribution is -2.30. The minimum Gasteiger partial charge on any atom is -0.355 e. The zero-order valence-electron chi connectivity index (χ0n) is 16.3. The molecule has 0 fully saturated rings. The van der Waals surface area contributed by atoms with E-state index in [1.165, 1.54) is 0 Å². The molecule has 0 saturated heterocycles. The Bertz CT molecular complexity index is 1100. The smallest absolute Gasteiger partial charge is 0.232 e. The Balaban J connectivity index is 1.43. The zero-order valence-corrected chi connectivity index (χ0v) is 17.1. The number of amides is 1. The van der Waals surface area contributed by atoms with Gasteiger partial charge in [0.15, 0.2) is 0 Å². The predicted octanol–water partition coefficient (Wildman–Crippen LogP) is 1.99. The van der Waals surface area contributed by atoms with E-state index in [-0.39, 0.29) is 17.4 Å². The van der Waals surface area contributed by atoms with E-state index < -0.39 is 10.8 Å². The van der Waals surface area contributed by atoms with Gasteiger partial charge in [-0.05, 0) is 24.3 Å². The van der Waals surface area contributed by atoms with E-state index in [4.69, 9.17) is 0 Å². The van der Waals surface area contributed by atoms with Gasteiger partial charge in [-0.3, -0.25) is 9.00 Å². The van der Waals surface area contributed by atoms with E-state index in [1.54, 1.807) is 18.7 Å². The Kier molecular flexibility index (Phi) is 6.19. The number of nitrogens with one attached hydrogen (secondary N) is 2. The maximum Gasteiger partial charge on any atom is 0.232 e. The summed E-state index contributed by atoms with van der Waals surface area (Å²) in [4.78, 5) is 19.1. The third kappa shape index (κ3) is 4.74. The molecule has 9 heteroatoms. The average molecular weight is 423 g/mol. The van der Waals surface area contributed by atoms with Crippen LogP contribution in [0.4, 0.5) is 0 Å². The molecule has 0 saturated carbocycles. The van der Waals surface area contributed by atoms with Crippen molar-refractivity contribution in [1.29, 1.82) is 0 Å². The third-order valence-corrected chi connectivity index (χ3v) is 5.76.